The van der Waals surface area contributed by atoms with E-state index in [1.807, 2.05) is 0 Å². The average Bonchev–Trinajstić information content (AvgIpc) is 2.74. The van der Waals surface area contributed by atoms with Crippen LogP contribution in [0.25, 0.3) is 0 Å². The summed E-state index contributed by atoms with van der Waals surface area (Å²) in [5.41, 5.74) is 0. The summed E-state index contributed by atoms with van der Waals surface area (Å²) in [5, 5.41) is 0. The number of rotatable bonds is 0. The van der Waals surface area contributed by atoms with Crippen molar-refractivity contribution in [2.75, 3.05) is 0 Å². The molecule has 0 N–H and O–H groups in total. The van der Waals surface area contributed by atoms with Gasteiger partial charge in [0.15, 0.2) is 0 Å². The van der Waals surface area contributed by atoms with Gasteiger partial charge in [0.05, 0.1) is 0 Å². The number of fused-ring (bicyclic) bond motifs is 1. The van der Waals surface area contributed by atoms with Gasteiger partial charge in [-0.1, -0.05) is 0 Å². The molecule has 0 aromatic carbocycles. The van der Waals surface area contributed by atoms with Crippen LogP contribution < -0.4 is 0 Å². The van der Waals surface area contributed by atoms with Gasteiger partial charge in [-0.3, -0.25) is 4.79 Å². The smallest absolute Gasteiger partial charge is 0.139 e. The van der Waals surface area contributed by atoms with Crippen molar-refractivity contribution in [1.82, 2.24) is 0 Å². The molecule has 0 saturated heterocycles. The quantitative estimate of drug-likeness (QED) is 0.508. The molecule has 0 spiro atoms. The average molecular weight is 148 g/mol. The van der Waals surface area contributed by atoms with E-state index in [4.69, 9.17) is 0 Å². The maximum Gasteiger partial charge on any atom is 0.139 e. The molecular weight excluding hydrogens is 136 g/mol. The van der Waals surface area contributed by atoms with Gasteiger partial charge in [0.2, 0.25) is 0 Å². The maximum absolute atomic E-state index is 11.6. The van der Waals surface area contributed by atoms with E-state index in [2.05, 4.69) is 0 Å². The highest BCUT2D eigenvalue weighted by molar-refractivity contribution is 5.91. The number of ketones is 1. The predicted octanol–water partition coefficient (Wildman–Crippen LogP) is 1.48. The zero-order valence-electron chi connectivity index (χ0n) is 6.49. The van der Waals surface area contributed by atoms with Crippen LogP contribution in [0.4, 0.5) is 0 Å². The van der Waals surface area contributed by atoms with Gasteiger partial charge in [0.1, 0.15) is 5.78 Å². The van der Waals surface area contributed by atoms with Gasteiger partial charge in [0, 0.05) is 11.8 Å². The fraction of sp³-hybridized carbons (Fsp3) is 0.900. The van der Waals surface area contributed by atoms with Gasteiger partial charge in [0.25, 0.3) is 0 Å². The third kappa shape index (κ3) is 0.380. The molecule has 6 bridgehead atoms. The SMILES string of the molecule is O=C1C2CC3CCC2C2C1C32. The largest absolute Gasteiger partial charge is 0.299 e. The first kappa shape index (κ1) is 5.34. The highest BCUT2D eigenvalue weighted by atomic mass is 16.1. The second-order valence-electron chi connectivity index (χ2n) is 4.93. The Morgan fingerprint density at radius 3 is 2.73 bits per heavy atom. The molecule has 6 saturated carbocycles. The molecular formula is C10H12O. The van der Waals surface area contributed by atoms with Crippen LogP contribution in [0.1, 0.15) is 19.3 Å². The van der Waals surface area contributed by atoms with E-state index in [1.54, 1.807) is 0 Å². The van der Waals surface area contributed by atoms with Gasteiger partial charge in [-0.15, -0.1) is 0 Å². The molecule has 58 valence electrons. The molecule has 0 aromatic rings. The second kappa shape index (κ2) is 1.30. The third-order valence-corrected chi connectivity index (χ3v) is 4.81. The Hall–Kier alpha value is -0.330. The molecule has 6 fully saturated rings. The second-order valence-corrected chi connectivity index (χ2v) is 4.93. The highest BCUT2D eigenvalue weighted by Gasteiger charge is 2.74. The summed E-state index contributed by atoms with van der Waals surface area (Å²) in [6, 6.07) is 0. The standard InChI is InChI=1S/C10H12O/c11-10-6-3-4-1-2-5(6)8-7(4)9(8)10/h4-9H,1-3H2. The first-order chi connectivity index (χ1) is 5.38. The lowest BCUT2D eigenvalue weighted by Crippen LogP contribution is -2.38. The lowest BCUT2D eigenvalue weighted by molar-refractivity contribution is -0.128. The Morgan fingerprint density at radius 1 is 1.18 bits per heavy atom. The van der Waals surface area contributed by atoms with Crippen LogP contribution in [0.15, 0.2) is 0 Å². The number of carbonyl (C=O) groups excluding carboxylic acids is 1. The molecule has 11 heavy (non-hydrogen) atoms. The molecule has 0 aliphatic heterocycles. The van der Waals surface area contributed by atoms with E-state index in [9.17, 15) is 4.79 Å². The van der Waals surface area contributed by atoms with Gasteiger partial charge >= 0.3 is 0 Å². The first-order valence-electron chi connectivity index (χ1n) is 4.91. The molecule has 0 radical (unpaired) electrons. The number of carbonyl (C=O) groups is 1. The molecule has 0 aromatic heterocycles. The van der Waals surface area contributed by atoms with Crippen LogP contribution in [0.3, 0.4) is 0 Å². The molecule has 6 unspecified atom stereocenters. The number of Topliss-reactive ketones (excluding diaryl/α,β-unsaturated/α-hetero) is 1. The molecule has 1 heteroatoms. The first-order valence-corrected chi connectivity index (χ1v) is 4.91. The van der Waals surface area contributed by atoms with Gasteiger partial charge in [-0.2, -0.15) is 0 Å². The Balaban J connectivity index is 1.92. The van der Waals surface area contributed by atoms with Crippen molar-refractivity contribution >= 4 is 5.78 Å². The Morgan fingerprint density at radius 2 is 2.09 bits per heavy atom. The monoisotopic (exact) mass is 148 g/mol. The van der Waals surface area contributed by atoms with Crippen LogP contribution >= 0.6 is 0 Å². The zero-order chi connectivity index (χ0) is 7.16. The number of hydrogen-bond donors (Lipinski definition) is 0. The Labute approximate surface area is 66.2 Å². The summed E-state index contributed by atoms with van der Waals surface area (Å²) >= 11 is 0. The molecule has 0 amide bonds. The van der Waals surface area contributed by atoms with Crippen molar-refractivity contribution < 1.29 is 4.79 Å². The summed E-state index contributed by atoms with van der Waals surface area (Å²) < 4.78 is 0. The lowest BCUT2D eigenvalue weighted by Gasteiger charge is -2.41. The molecule has 6 atom stereocenters. The highest BCUT2D eigenvalue weighted by Crippen LogP contribution is 2.74. The fourth-order valence-electron chi connectivity index (χ4n) is 4.51. The molecule has 6 rings (SSSR count). The van der Waals surface area contributed by atoms with Crippen molar-refractivity contribution in [2.45, 2.75) is 19.3 Å². The minimum atomic E-state index is 0.550. The summed E-state index contributed by atoms with van der Waals surface area (Å²) in [6.07, 6.45) is 4.12. The van der Waals surface area contributed by atoms with Crippen molar-refractivity contribution in [1.29, 1.82) is 0 Å². The van der Waals surface area contributed by atoms with Crippen LogP contribution in [-0.2, 0) is 4.79 Å². The van der Waals surface area contributed by atoms with E-state index >= 15 is 0 Å². The normalized spacial score (nSPS) is 68.9. The van der Waals surface area contributed by atoms with Gasteiger partial charge in [-0.25, -0.2) is 0 Å². The summed E-state index contributed by atoms with van der Waals surface area (Å²) in [6.45, 7) is 0. The number of hydrogen-bond acceptors (Lipinski definition) is 1. The maximum atomic E-state index is 11.6. The molecule has 1 nitrogen and oxygen atoms in total. The lowest BCUT2D eigenvalue weighted by atomic mass is 9.63. The van der Waals surface area contributed by atoms with E-state index in [0.717, 1.165) is 23.7 Å². The van der Waals surface area contributed by atoms with E-state index < -0.39 is 0 Å². The summed E-state index contributed by atoms with van der Waals surface area (Å²) in [5.74, 6) is 5.45. The van der Waals surface area contributed by atoms with Crippen LogP contribution in [0.2, 0.25) is 0 Å². The fourth-order valence-corrected chi connectivity index (χ4v) is 4.51. The Kier molecular flexibility index (Phi) is 0.630. The van der Waals surface area contributed by atoms with Crippen molar-refractivity contribution in [3.8, 4) is 0 Å². The van der Waals surface area contributed by atoms with E-state index in [-0.39, 0.29) is 0 Å². The minimum absolute atomic E-state index is 0.550. The Bertz CT molecular complexity index is 254. The van der Waals surface area contributed by atoms with Gasteiger partial charge < -0.3 is 0 Å². The minimum Gasteiger partial charge on any atom is -0.299 e. The van der Waals surface area contributed by atoms with E-state index in [1.165, 1.54) is 19.3 Å². The molecule has 6 aliphatic rings. The van der Waals surface area contributed by atoms with Crippen molar-refractivity contribution in [3.63, 3.8) is 0 Å². The molecule has 0 heterocycles. The van der Waals surface area contributed by atoms with Crippen LogP contribution in [0, 0.1) is 35.5 Å². The van der Waals surface area contributed by atoms with Gasteiger partial charge in [-0.05, 0) is 42.9 Å². The summed E-state index contributed by atoms with van der Waals surface area (Å²) in [7, 11) is 0. The topological polar surface area (TPSA) is 17.1 Å². The molecule has 6 aliphatic carbocycles. The zero-order valence-corrected chi connectivity index (χ0v) is 6.49. The van der Waals surface area contributed by atoms with Crippen molar-refractivity contribution in [3.05, 3.63) is 0 Å². The third-order valence-electron chi connectivity index (χ3n) is 4.81. The van der Waals surface area contributed by atoms with Crippen molar-refractivity contribution in [2.24, 2.45) is 35.5 Å². The summed E-state index contributed by atoms with van der Waals surface area (Å²) in [4.78, 5) is 11.6. The van der Waals surface area contributed by atoms with Crippen LogP contribution in [-0.4, -0.2) is 5.78 Å². The van der Waals surface area contributed by atoms with E-state index in [0.29, 0.717) is 17.6 Å². The predicted molar refractivity (Wildman–Crippen MR) is 39.8 cm³/mol. The van der Waals surface area contributed by atoms with Crippen LogP contribution in [0.5, 0.6) is 0 Å².